The molecule has 1 rings (SSSR count). The maximum atomic E-state index is 2.42. The highest BCUT2D eigenvalue weighted by molar-refractivity contribution is 4.79. The van der Waals surface area contributed by atoms with Crippen LogP contribution in [0.3, 0.4) is 0 Å². The van der Waals surface area contributed by atoms with Gasteiger partial charge in [-0.1, -0.05) is 34.1 Å². The van der Waals surface area contributed by atoms with Gasteiger partial charge in [0.2, 0.25) is 0 Å². The average Bonchev–Trinajstić information content (AvgIpc) is 1.99. The summed E-state index contributed by atoms with van der Waals surface area (Å²) in [5.41, 5.74) is 0. The molecular formula is C11H22. The minimum atomic E-state index is 0.956. The molecule has 2 atom stereocenters. The lowest BCUT2D eigenvalue weighted by atomic mass is 9.69. The molecule has 11 heavy (non-hydrogen) atoms. The van der Waals surface area contributed by atoms with Crippen molar-refractivity contribution in [2.45, 2.75) is 47.0 Å². The maximum absolute atomic E-state index is 2.42. The zero-order valence-electron chi connectivity index (χ0n) is 8.43. The van der Waals surface area contributed by atoms with E-state index >= 15 is 0 Å². The molecule has 0 saturated heterocycles. The quantitative estimate of drug-likeness (QED) is 0.540. The van der Waals surface area contributed by atoms with Crippen LogP contribution in [0.4, 0.5) is 0 Å². The van der Waals surface area contributed by atoms with Gasteiger partial charge < -0.3 is 0 Å². The van der Waals surface area contributed by atoms with Crippen molar-refractivity contribution >= 4 is 0 Å². The third-order valence-corrected chi connectivity index (χ3v) is 3.78. The smallest absolute Gasteiger partial charge is 0.0391 e. The molecule has 66 valence electrons. The highest BCUT2D eigenvalue weighted by atomic mass is 14.3. The fourth-order valence-corrected chi connectivity index (χ4v) is 2.47. The Morgan fingerprint density at radius 1 is 1.00 bits per heavy atom. The van der Waals surface area contributed by atoms with Crippen molar-refractivity contribution in [1.82, 2.24) is 0 Å². The van der Waals surface area contributed by atoms with Gasteiger partial charge in [-0.15, -0.1) is 0 Å². The summed E-state index contributed by atoms with van der Waals surface area (Å²) in [5.74, 6) is 3.90. The van der Waals surface area contributed by atoms with Crippen LogP contribution in [0.15, 0.2) is 0 Å². The van der Waals surface area contributed by atoms with Gasteiger partial charge in [0.1, 0.15) is 0 Å². The van der Waals surface area contributed by atoms with Gasteiger partial charge in [0.25, 0.3) is 0 Å². The molecular weight excluding hydrogens is 132 g/mol. The van der Waals surface area contributed by atoms with Crippen molar-refractivity contribution in [2.75, 3.05) is 0 Å². The Morgan fingerprint density at radius 2 is 1.45 bits per heavy atom. The first-order valence-corrected chi connectivity index (χ1v) is 5.15. The van der Waals surface area contributed by atoms with Crippen LogP contribution >= 0.6 is 0 Å². The van der Waals surface area contributed by atoms with Gasteiger partial charge in [-0.3, -0.25) is 0 Å². The predicted molar refractivity (Wildman–Crippen MR) is 50.5 cm³/mol. The van der Waals surface area contributed by atoms with E-state index < -0.39 is 0 Å². The summed E-state index contributed by atoms with van der Waals surface area (Å²) in [6.45, 7) is 9.59. The molecule has 0 aromatic rings. The van der Waals surface area contributed by atoms with E-state index in [-0.39, 0.29) is 0 Å². The topological polar surface area (TPSA) is 0 Å². The Balaban J connectivity index is 2.47. The third kappa shape index (κ3) is 1.98. The standard InChI is InChI=1S/C11H22/c1-5-11-6-8(2)10(4)9(3)7-11/h8-11H,5-7H2,1-4H3. The van der Waals surface area contributed by atoms with Crippen molar-refractivity contribution in [3.05, 3.63) is 0 Å². The Kier molecular flexibility index (Phi) is 2.98. The lowest BCUT2D eigenvalue weighted by molar-refractivity contribution is 0.139. The van der Waals surface area contributed by atoms with Gasteiger partial charge in [0.15, 0.2) is 0 Å². The molecule has 0 aliphatic heterocycles. The van der Waals surface area contributed by atoms with E-state index in [2.05, 4.69) is 27.7 Å². The van der Waals surface area contributed by atoms with Gasteiger partial charge in [0, 0.05) is 0 Å². The Hall–Kier alpha value is 0. The molecule has 1 aliphatic carbocycles. The monoisotopic (exact) mass is 154 g/mol. The summed E-state index contributed by atoms with van der Waals surface area (Å²) in [6, 6.07) is 0. The highest BCUT2D eigenvalue weighted by Crippen LogP contribution is 2.38. The molecule has 1 saturated carbocycles. The van der Waals surface area contributed by atoms with Crippen LogP contribution in [0.2, 0.25) is 0 Å². The first-order valence-electron chi connectivity index (χ1n) is 5.15. The molecule has 1 aliphatic rings. The molecule has 0 aromatic carbocycles. The number of rotatable bonds is 1. The second-order valence-corrected chi connectivity index (χ2v) is 4.56. The van der Waals surface area contributed by atoms with Gasteiger partial charge in [0.05, 0.1) is 0 Å². The predicted octanol–water partition coefficient (Wildman–Crippen LogP) is 3.71. The second-order valence-electron chi connectivity index (χ2n) is 4.56. The Morgan fingerprint density at radius 3 is 1.82 bits per heavy atom. The largest absolute Gasteiger partial charge is 0.0651 e. The van der Waals surface area contributed by atoms with Crippen molar-refractivity contribution in [2.24, 2.45) is 23.7 Å². The van der Waals surface area contributed by atoms with E-state index in [0.717, 1.165) is 23.7 Å². The molecule has 0 aromatic heterocycles. The Labute approximate surface area is 71.4 Å². The molecule has 1 fully saturated rings. The average molecular weight is 154 g/mol. The summed E-state index contributed by atoms with van der Waals surface area (Å²) in [5, 5.41) is 0. The molecule has 0 amide bonds. The molecule has 0 spiro atoms. The van der Waals surface area contributed by atoms with Crippen LogP contribution in [0, 0.1) is 23.7 Å². The molecule has 0 N–H and O–H groups in total. The van der Waals surface area contributed by atoms with Crippen molar-refractivity contribution in [3.63, 3.8) is 0 Å². The molecule has 0 bridgehead atoms. The van der Waals surface area contributed by atoms with Crippen LogP contribution in [0.25, 0.3) is 0 Å². The summed E-state index contributed by atoms with van der Waals surface area (Å²) < 4.78 is 0. The van der Waals surface area contributed by atoms with Crippen LogP contribution in [0.5, 0.6) is 0 Å². The van der Waals surface area contributed by atoms with E-state index in [1.807, 2.05) is 0 Å². The Bertz CT molecular complexity index is 105. The summed E-state index contributed by atoms with van der Waals surface area (Å²) >= 11 is 0. The second kappa shape index (κ2) is 3.60. The first-order chi connectivity index (χ1) is 5.15. The van der Waals surface area contributed by atoms with Crippen LogP contribution in [0.1, 0.15) is 47.0 Å². The lowest BCUT2D eigenvalue weighted by Crippen LogP contribution is -2.27. The first kappa shape index (κ1) is 9.09. The number of hydrogen-bond acceptors (Lipinski definition) is 0. The van der Waals surface area contributed by atoms with Crippen LogP contribution in [-0.4, -0.2) is 0 Å². The molecule has 0 heteroatoms. The maximum Gasteiger partial charge on any atom is -0.0391 e. The summed E-state index contributed by atoms with van der Waals surface area (Å²) in [4.78, 5) is 0. The summed E-state index contributed by atoms with van der Waals surface area (Å²) in [7, 11) is 0. The van der Waals surface area contributed by atoms with Crippen molar-refractivity contribution in [1.29, 1.82) is 0 Å². The molecule has 0 heterocycles. The van der Waals surface area contributed by atoms with Gasteiger partial charge in [-0.2, -0.15) is 0 Å². The molecule has 0 radical (unpaired) electrons. The SMILES string of the molecule is CCC1CC(C)C(C)C(C)C1. The van der Waals surface area contributed by atoms with Gasteiger partial charge in [-0.25, -0.2) is 0 Å². The van der Waals surface area contributed by atoms with Crippen LogP contribution in [-0.2, 0) is 0 Å². The minimum absolute atomic E-state index is 0.956. The highest BCUT2D eigenvalue weighted by Gasteiger charge is 2.28. The lowest BCUT2D eigenvalue weighted by Gasteiger charge is -2.36. The van der Waals surface area contributed by atoms with Gasteiger partial charge >= 0.3 is 0 Å². The zero-order chi connectivity index (χ0) is 8.43. The van der Waals surface area contributed by atoms with E-state index in [1.165, 1.54) is 19.3 Å². The molecule has 0 nitrogen and oxygen atoms in total. The molecule has 2 unspecified atom stereocenters. The van der Waals surface area contributed by atoms with E-state index in [4.69, 9.17) is 0 Å². The van der Waals surface area contributed by atoms with Crippen molar-refractivity contribution < 1.29 is 0 Å². The fourth-order valence-electron chi connectivity index (χ4n) is 2.47. The third-order valence-electron chi connectivity index (χ3n) is 3.78. The number of hydrogen-bond donors (Lipinski definition) is 0. The summed E-state index contributed by atoms with van der Waals surface area (Å²) in [6.07, 6.45) is 4.34. The van der Waals surface area contributed by atoms with E-state index in [9.17, 15) is 0 Å². The minimum Gasteiger partial charge on any atom is -0.0651 e. The van der Waals surface area contributed by atoms with Gasteiger partial charge in [-0.05, 0) is 36.5 Å². The zero-order valence-corrected chi connectivity index (χ0v) is 8.43. The normalized spacial score (nSPS) is 45.8. The van der Waals surface area contributed by atoms with E-state index in [0.29, 0.717) is 0 Å². The van der Waals surface area contributed by atoms with Crippen LogP contribution < -0.4 is 0 Å². The van der Waals surface area contributed by atoms with E-state index in [1.54, 1.807) is 0 Å². The fraction of sp³-hybridized carbons (Fsp3) is 1.00. The van der Waals surface area contributed by atoms with Crippen molar-refractivity contribution in [3.8, 4) is 0 Å².